The molecule has 1 aromatic carbocycles. The maximum atomic E-state index is 10.9. The van der Waals surface area contributed by atoms with Crippen LogP contribution in [0.25, 0.3) is 0 Å². The van der Waals surface area contributed by atoms with E-state index in [0.717, 1.165) is 12.8 Å². The molecule has 0 N–H and O–H groups in total. The number of nitro groups is 1. The molecule has 0 spiro atoms. The first-order chi connectivity index (χ1) is 11.9. The molecule has 25 heavy (non-hydrogen) atoms. The number of non-ortho nitro benzene ring substituents is 1. The molecule has 3 rings (SSSR count). The summed E-state index contributed by atoms with van der Waals surface area (Å²) < 4.78 is 5.35. The van der Waals surface area contributed by atoms with Crippen molar-refractivity contribution in [1.29, 1.82) is 0 Å². The zero-order chi connectivity index (χ0) is 18.1. The minimum Gasteiger partial charge on any atom is -0.369 e. The van der Waals surface area contributed by atoms with Gasteiger partial charge in [-0.1, -0.05) is 23.2 Å². The summed E-state index contributed by atoms with van der Waals surface area (Å²) in [6, 6.07) is 2.66. The molecule has 0 aliphatic carbocycles. The summed E-state index contributed by atoms with van der Waals surface area (Å²) in [4.78, 5) is 18.6. The van der Waals surface area contributed by atoms with E-state index in [4.69, 9.17) is 27.7 Å². The second-order valence-corrected chi connectivity index (χ2v) is 6.92. The highest BCUT2D eigenvalue weighted by Gasteiger charge is 2.28. The molecule has 0 unspecified atom stereocenters. The summed E-state index contributed by atoms with van der Waals surface area (Å²) in [6.45, 7) is 1.39. The van der Waals surface area contributed by atoms with Crippen molar-refractivity contribution < 1.29 is 9.45 Å². The maximum absolute atomic E-state index is 10.9. The fraction of sp³-hybridized carbons (Fsp3) is 0.467. The number of anilines is 2. The quantitative estimate of drug-likeness (QED) is 0.584. The molecular formula is C15H17Cl2N5O3. The Morgan fingerprint density at radius 1 is 1.28 bits per heavy atom. The van der Waals surface area contributed by atoms with Crippen LogP contribution in [-0.4, -0.2) is 42.2 Å². The van der Waals surface area contributed by atoms with E-state index in [2.05, 4.69) is 10.1 Å². The van der Waals surface area contributed by atoms with Gasteiger partial charge in [-0.15, -0.1) is 0 Å². The first-order valence-electron chi connectivity index (χ1n) is 7.76. The van der Waals surface area contributed by atoms with E-state index in [1.807, 2.05) is 19.0 Å². The van der Waals surface area contributed by atoms with E-state index in [1.165, 1.54) is 12.1 Å². The van der Waals surface area contributed by atoms with E-state index >= 15 is 0 Å². The Morgan fingerprint density at radius 3 is 2.36 bits per heavy atom. The lowest BCUT2D eigenvalue weighted by Gasteiger charge is -2.33. The number of benzene rings is 1. The SMILES string of the molecule is CN(C)c1noc(C2CCN(c3c(Cl)cc([N+](=O)[O-])cc3Cl)CC2)n1. The molecule has 0 bridgehead atoms. The van der Waals surface area contributed by atoms with Crippen molar-refractivity contribution in [2.75, 3.05) is 37.0 Å². The predicted octanol–water partition coefficient (Wildman–Crippen LogP) is 3.73. The first-order valence-corrected chi connectivity index (χ1v) is 8.51. The van der Waals surface area contributed by atoms with Gasteiger partial charge in [0.1, 0.15) is 0 Å². The molecule has 10 heteroatoms. The number of aromatic nitrogens is 2. The molecule has 0 atom stereocenters. The van der Waals surface area contributed by atoms with Crippen LogP contribution < -0.4 is 9.80 Å². The van der Waals surface area contributed by atoms with Gasteiger partial charge in [-0.3, -0.25) is 10.1 Å². The Kier molecular flexibility index (Phi) is 5.01. The first kappa shape index (κ1) is 17.8. The molecule has 134 valence electrons. The van der Waals surface area contributed by atoms with Gasteiger partial charge in [-0.2, -0.15) is 4.98 Å². The smallest absolute Gasteiger partial charge is 0.272 e. The van der Waals surface area contributed by atoms with E-state index in [-0.39, 0.29) is 21.7 Å². The van der Waals surface area contributed by atoms with Crippen molar-refractivity contribution in [2.24, 2.45) is 0 Å². The lowest BCUT2D eigenvalue weighted by atomic mass is 9.96. The summed E-state index contributed by atoms with van der Waals surface area (Å²) in [5.74, 6) is 1.36. The van der Waals surface area contributed by atoms with Crippen LogP contribution in [0.3, 0.4) is 0 Å². The Bertz CT molecular complexity index is 764. The van der Waals surface area contributed by atoms with E-state index < -0.39 is 4.92 Å². The van der Waals surface area contributed by atoms with Crippen LogP contribution in [-0.2, 0) is 0 Å². The number of nitrogens with zero attached hydrogens (tertiary/aromatic N) is 5. The summed E-state index contributed by atoms with van der Waals surface area (Å²) in [6.07, 6.45) is 1.61. The molecular weight excluding hydrogens is 369 g/mol. The monoisotopic (exact) mass is 385 g/mol. The van der Waals surface area contributed by atoms with Crippen LogP contribution >= 0.6 is 23.2 Å². The van der Waals surface area contributed by atoms with Crippen LogP contribution in [0.5, 0.6) is 0 Å². The van der Waals surface area contributed by atoms with Crippen molar-refractivity contribution in [3.63, 3.8) is 0 Å². The second kappa shape index (κ2) is 7.05. The summed E-state index contributed by atoms with van der Waals surface area (Å²) in [5, 5.41) is 15.4. The number of halogens is 2. The van der Waals surface area contributed by atoms with Crippen molar-refractivity contribution in [2.45, 2.75) is 18.8 Å². The average Bonchev–Trinajstić information content (AvgIpc) is 3.05. The van der Waals surface area contributed by atoms with Gasteiger partial charge in [0.25, 0.3) is 11.6 Å². The number of hydrogen-bond acceptors (Lipinski definition) is 7. The van der Waals surface area contributed by atoms with Crippen LogP contribution in [0.1, 0.15) is 24.7 Å². The van der Waals surface area contributed by atoms with Gasteiger partial charge in [0.2, 0.25) is 5.89 Å². The third-order valence-corrected chi connectivity index (χ3v) is 4.78. The normalized spacial score (nSPS) is 15.4. The zero-order valence-corrected chi connectivity index (χ0v) is 15.3. The van der Waals surface area contributed by atoms with E-state index in [1.54, 1.807) is 4.90 Å². The van der Waals surface area contributed by atoms with E-state index in [9.17, 15) is 10.1 Å². The average molecular weight is 386 g/mol. The number of hydrogen-bond donors (Lipinski definition) is 0. The number of piperidine rings is 1. The third-order valence-electron chi connectivity index (χ3n) is 4.20. The lowest BCUT2D eigenvalue weighted by Crippen LogP contribution is -2.33. The van der Waals surface area contributed by atoms with Gasteiger partial charge < -0.3 is 14.3 Å². The summed E-state index contributed by atoms with van der Waals surface area (Å²) in [7, 11) is 3.71. The van der Waals surface area contributed by atoms with Gasteiger partial charge >= 0.3 is 0 Å². The molecule has 8 nitrogen and oxygen atoms in total. The zero-order valence-electron chi connectivity index (χ0n) is 13.8. The van der Waals surface area contributed by atoms with E-state index in [0.29, 0.717) is 30.6 Å². The fourth-order valence-electron chi connectivity index (χ4n) is 2.88. The minimum atomic E-state index is -0.508. The van der Waals surface area contributed by atoms with Crippen LogP contribution in [0.2, 0.25) is 10.0 Å². The van der Waals surface area contributed by atoms with Crippen molar-refractivity contribution >= 4 is 40.5 Å². The molecule has 1 saturated heterocycles. The van der Waals surface area contributed by atoms with Gasteiger partial charge in [-0.25, -0.2) is 0 Å². The Morgan fingerprint density at radius 2 is 1.88 bits per heavy atom. The fourth-order valence-corrected chi connectivity index (χ4v) is 3.60. The van der Waals surface area contributed by atoms with Gasteiger partial charge in [0.05, 0.1) is 20.7 Å². The standard InChI is InChI=1S/C15H17Cl2N5O3/c1-20(2)15-18-14(25-19-15)9-3-5-21(6-4-9)13-11(16)7-10(22(23)24)8-12(13)17/h7-9H,3-6H2,1-2H3. The van der Waals surface area contributed by atoms with Crippen molar-refractivity contribution in [1.82, 2.24) is 10.1 Å². The molecule has 0 radical (unpaired) electrons. The van der Waals surface area contributed by atoms with Crippen LogP contribution in [0.15, 0.2) is 16.7 Å². The highest BCUT2D eigenvalue weighted by Crippen LogP contribution is 2.40. The largest absolute Gasteiger partial charge is 0.369 e. The maximum Gasteiger partial charge on any atom is 0.272 e. The molecule has 0 saturated carbocycles. The number of rotatable bonds is 4. The molecule has 2 heterocycles. The topological polar surface area (TPSA) is 88.5 Å². The lowest BCUT2D eigenvalue weighted by molar-refractivity contribution is -0.384. The second-order valence-electron chi connectivity index (χ2n) is 6.10. The van der Waals surface area contributed by atoms with Crippen molar-refractivity contribution in [3.05, 3.63) is 38.2 Å². The highest BCUT2D eigenvalue weighted by atomic mass is 35.5. The molecule has 1 aliphatic heterocycles. The number of nitro benzene ring substituents is 1. The van der Waals surface area contributed by atoms with Gasteiger partial charge in [-0.05, 0) is 18.0 Å². The highest BCUT2D eigenvalue weighted by molar-refractivity contribution is 6.39. The predicted molar refractivity (Wildman–Crippen MR) is 95.9 cm³/mol. The molecule has 1 fully saturated rings. The third kappa shape index (κ3) is 3.64. The molecule has 0 amide bonds. The minimum absolute atomic E-state index is 0.115. The Labute approximate surface area is 154 Å². The Hall–Kier alpha value is -2.06. The molecule has 1 aromatic heterocycles. The molecule has 2 aromatic rings. The molecule has 1 aliphatic rings. The van der Waals surface area contributed by atoms with Crippen LogP contribution in [0.4, 0.5) is 17.3 Å². The summed E-state index contributed by atoms with van der Waals surface area (Å²) >= 11 is 12.5. The van der Waals surface area contributed by atoms with Crippen LogP contribution in [0, 0.1) is 10.1 Å². The van der Waals surface area contributed by atoms with Gasteiger partial charge in [0, 0.05) is 45.2 Å². The van der Waals surface area contributed by atoms with Crippen molar-refractivity contribution in [3.8, 4) is 0 Å². The van der Waals surface area contributed by atoms with Gasteiger partial charge in [0.15, 0.2) is 0 Å². The Balaban J connectivity index is 1.73. The summed E-state index contributed by atoms with van der Waals surface area (Å²) in [5.41, 5.74) is 0.516.